The van der Waals surface area contributed by atoms with Gasteiger partial charge in [-0.05, 0) is 49.6 Å². The molecule has 2 unspecified atom stereocenters. The van der Waals surface area contributed by atoms with Gasteiger partial charge in [-0.1, -0.05) is 0 Å². The van der Waals surface area contributed by atoms with E-state index in [9.17, 15) is 14.9 Å². The summed E-state index contributed by atoms with van der Waals surface area (Å²) >= 11 is 1.21. The number of carbonyl (C=O) groups excluding carboxylic acids is 1. The summed E-state index contributed by atoms with van der Waals surface area (Å²) in [5.74, 6) is 0.408. The number of ether oxygens (including phenoxy) is 2. The number of hydrogen-bond acceptors (Lipinski definition) is 7. The molecule has 2 aromatic rings. The van der Waals surface area contributed by atoms with Gasteiger partial charge in [-0.3, -0.25) is 10.1 Å². The van der Waals surface area contributed by atoms with Crippen molar-refractivity contribution in [3.8, 4) is 5.75 Å². The number of esters is 1. The molecule has 2 atom stereocenters. The molecular formula is C19H17NO6S. The minimum absolute atomic E-state index is 0.0560. The zero-order chi connectivity index (χ0) is 18.8. The fourth-order valence-electron chi connectivity index (χ4n) is 3.24. The molecule has 1 saturated carbocycles. The standard InChI is InChI=1S/C19H17NO6S/c21-19-16-9-6-14(10-12(16)11-24-19)25-17-2-1-3-18(17)26-27-15-7-4-13(5-8-15)20(22)23/h4-10,17-18H,1-3,11H2. The van der Waals surface area contributed by atoms with Crippen molar-refractivity contribution in [2.24, 2.45) is 0 Å². The van der Waals surface area contributed by atoms with Crippen LogP contribution in [0.3, 0.4) is 0 Å². The average Bonchev–Trinajstić information content (AvgIpc) is 3.27. The summed E-state index contributed by atoms with van der Waals surface area (Å²) in [6, 6.07) is 11.6. The zero-order valence-electron chi connectivity index (χ0n) is 14.3. The van der Waals surface area contributed by atoms with Gasteiger partial charge in [-0.25, -0.2) is 4.79 Å². The van der Waals surface area contributed by atoms with E-state index in [1.807, 2.05) is 6.07 Å². The van der Waals surface area contributed by atoms with E-state index in [2.05, 4.69) is 0 Å². The first-order valence-corrected chi connectivity index (χ1v) is 9.39. The summed E-state index contributed by atoms with van der Waals surface area (Å²) in [5, 5.41) is 10.7. The largest absolute Gasteiger partial charge is 0.488 e. The van der Waals surface area contributed by atoms with E-state index in [0.717, 1.165) is 29.7 Å². The first kappa shape index (κ1) is 17.8. The minimum atomic E-state index is -0.425. The summed E-state index contributed by atoms with van der Waals surface area (Å²) in [7, 11) is 0. The van der Waals surface area contributed by atoms with Gasteiger partial charge in [0.2, 0.25) is 0 Å². The second kappa shape index (κ2) is 7.58. The SMILES string of the molecule is O=C1OCc2cc(OC3CCCC3OSc3ccc([N+](=O)[O-])cc3)ccc21. The highest BCUT2D eigenvalue weighted by molar-refractivity contribution is 7.94. The summed E-state index contributed by atoms with van der Waals surface area (Å²) in [6.07, 6.45) is 2.63. The summed E-state index contributed by atoms with van der Waals surface area (Å²) in [5.41, 5.74) is 1.49. The molecule has 0 N–H and O–H groups in total. The Balaban J connectivity index is 1.36. The van der Waals surface area contributed by atoms with E-state index in [-0.39, 0.29) is 30.5 Å². The Morgan fingerprint density at radius 2 is 1.89 bits per heavy atom. The Bertz CT molecular complexity index is 869. The number of benzene rings is 2. The monoisotopic (exact) mass is 387 g/mol. The number of rotatable bonds is 6. The Labute approximate surface area is 160 Å². The Morgan fingerprint density at radius 3 is 2.67 bits per heavy atom. The maximum Gasteiger partial charge on any atom is 0.338 e. The number of nitrogens with zero attached hydrogens (tertiary/aromatic N) is 1. The minimum Gasteiger partial charge on any atom is -0.488 e. The molecule has 0 radical (unpaired) electrons. The molecule has 2 aliphatic rings. The predicted molar refractivity (Wildman–Crippen MR) is 97.7 cm³/mol. The maximum absolute atomic E-state index is 11.5. The molecule has 7 nitrogen and oxygen atoms in total. The van der Waals surface area contributed by atoms with Crippen molar-refractivity contribution in [1.29, 1.82) is 0 Å². The van der Waals surface area contributed by atoms with Gasteiger partial charge in [-0.15, -0.1) is 0 Å². The topological polar surface area (TPSA) is 87.9 Å². The van der Waals surface area contributed by atoms with Crippen LogP contribution in [0.15, 0.2) is 47.4 Å². The average molecular weight is 387 g/mol. The molecule has 1 aliphatic heterocycles. The van der Waals surface area contributed by atoms with Gasteiger partial charge in [0, 0.05) is 34.6 Å². The van der Waals surface area contributed by atoms with Crippen LogP contribution >= 0.6 is 12.0 Å². The lowest BCUT2D eigenvalue weighted by molar-refractivity contribution is -0.384. The van der Waals surface area contributed by atoms with E-state index >= 15 is 0 Å². The van der Waals surface area contributed by atoms with Crippen molar-refractivity contribution in [2.45, 2.75) is 43.0 Å². The normalized spacial score (nSPS) is 21.0. The van der Waals surface area contributed by atoms with E-state index in [1.165, 1.54) is 24.2 Å². The van der Waals surface area contributed by atoms with Crippen LogP contribution in [-0.4, -0.2) is 23.1 Å². The third-order valence-corrected chi connectivity index (χ3v) is 5.46. The van der Waals surface area contributed by atoms with Gasteiger partial charge in [0.05, 0.1) is 10.5 Å². The van der Waals surface area contributed by atoms with Gasteiger partial charge >= 0.3 is 5.97 Å². The summed E-state index contributed by atoms with van der Waals surface area (Å²) in [4.78, 5) is 22.6. The Morgan fingerprint density at radius 1 is 1.11 bits per heavy atom. The van der Waals surface area contributed by atoms with Crippen molar-refractivity contribution in [2.75, 3.05) is 0 Å². The molecule has 4 rings (SSSR count). The zero-order valence-corrected chi connectivity index (χ0v) is 15.1. The molecule has 8 heteroatoms. The molecule has 0 bridgehead atoms. The fourth-order valence-corrected chi connectivity index (χ4v) is 3.94. The lowest BCUT2D eigenvalue weighted by Gasteiger charge is -2.21. The molecule has 0 aromatic heterocycles. The van der Waals surface area contributed by atoms with Gasteiger partial charge in [0.15, 0.2) is 0 Å². The van der Waals surface area contributed by atoms with Crippen LogP contribution in [0.25, 0.3) is 0 Å². The second-order valence-corrected chi connectivity index (χ2v) is 7.28. The number of non-ortho nitro benzene ring substituents is 1. The third-order valence-electron chi connectivity index (χ3n) is 4.65. The van der Waals surface area contributed by atoms with E-state index in [1.54, 1.807) is 24.3 Å². The lowest BCUT2D eigenvalue weighted by atomic mass is 10.1. The number of hydrogen-bond donors (Lipinski definition) is 0. The third kappa shape index (κ3) is 3.91. The molecule has 1 heterocycles. The van der Waals surface area contributed by atoms with Crippen molar-refractivity contribution < 1.29 is 23.4 Å². The quantitative estimate of drug-likeness (QED) is 0.316. The maximum atomic E-state index is 11.5. The number of cyclic esters (lactones) is 1. The van der Waals surface area contributed by atoms with Crippen molar-refractivity contribution >= 4 is 23.7 Å². The lowest BCUT2D eigenvalue weighted by Crippen LogP contribution is -2.27. The van der Waals surface area contributed by atoms with Gasteiger partial charge < -0.3 is 13.7 Å². The highest BCUT2D eigenvalue weighted by Crippen LogP contribution is 2.33. The van der Waals surface area contributed by atoms with E-state index < -0.39 is 4.92 Å². The highest BCUT2D eigenvalue weighted by Gasteiger charge is 2.31. The first-order valence-electron chi connectivity index (χ1n) is 8.64. The van der Waals surface area contributed by atoms with Crippen LogP contribution in [0.1, 0.15) is 35.2 Å². The van der Waals surface area contributed by atoms with Gasteiger partial charge in [-0.2, -0.15) is 0 Å². The van der Waals surface area contributed by atoms with Crippen molar-refractivity contribution in [1.82, 2.24) is 0 Å². The molecule has 0 amide bonds. The van der Waals surface area contributed by atoms with Crippen LogP contribution in [0.2, 0.25) is 0 Å². The van der Waals surface area contributed by atoms with Crippen molar-refractivity contribution in [3.05, 3.63) is 63.7 Å². The molecule has 1 aliphatic carbocycles. The van der Waals surface area contributed by atoms with Gasteiger partial charge in [0.25, 0.3) is 5.69 Å². The van der Waals surface area contributed by atoms with Crippen molar-refractivity contribution in [3.63, 3.8) is 0 Å². The highest BCUT2D eigenvalue weighted by atomic mass is 32.2. The van der Waals surface area contributed by atoms with Crippen LogP contribution in [0.5, 0.6) is 5.75 Å². The first-order chi connectivity index (χ1) is 13.1. The molecule has 140 valence electrons. The van der Waals surface area contributed by atoms with Gasteiger partial charge in [0.1, 0.15) is 24.6 Å². The fraction of sp³-hybridized carbons (Fsp3) is 0.316. The van der Waals surface area contributed by atoms with Crippen LogP contribution in [0, 0.1) is 10.1 Å². The predicted octanol–water partition coefficient (Wildman–Crippen LogP) is 4.29. The Kier molecular flexibility index (Phi) is 5.00. The molecule has 2 aromatic carbocycles. The molecule has 27 heavy (non-hydrogen) atoms. The molecule has 0 saturated heterocycles. The molecule has 0 spiro atoms. The Hall–Kier alpha value is -2.58. The number of carbonyl (C=O) groups is 1. The smallest absolute Gasteiger partial charge is 0.338 e. The number of nitro benzene ring substituents is 1. The van der Waals surface area contributed by atoms with Crippen LogP contribution in [0.4, 0.5) is 5.69 Å². The molecular weight excluding hydrogens is 370 g/mol. The summed E-state index contributed by atoms with van der Waals surface area (Å²) in [6.45, 7) is 0.284. The molecule has 1 fully saturated rings. The van der Waals surface area contributed by atoms with E-state index in [4.69, 9.17) is 13.7 Å². The number of nitro groups is 1. The van der Waals surface area contributed by atoms with E-state index in [0.29, 0.717) is 11.3 Å². The van der Waals surface area contributed by atoms with Crippen LogP contribution < -0.4 is 4.74 Å². The second-order valence-electron chi connectivity index (χ2n) is 6.45. The van der Waals surface area contributed by atoms with Crippen LogP contribution in [-0.2, 0) is 15.5 Å². The number of fused-ring (bicyclic) bond motifs is 1. The summed E-state index contributed by atoms with van der Waals surface area (Å²) < 4.78 is 17.0.